The van der Waals surface area contributed by atoms with Gasteiger partial charge >= 0.3 is 0 Å². The number of methoxy groups -OCH3 is 1. The summed E-state index contributed by atoms with van der Waals surface area (Å²) in [6, 6.07) is 3.32. The molecule has 0 aliphatic rings. The number of nitrogens with zero attached hydrogens (tertiary/aromatic N) is 4. The lowest BCUT2D eigenvalue weighted by Gasteiger charge is -2.12. The van der Waals surface area contributed by atoms with E-state index in [9.17, 15) is 8.42 Å². The number of benzene rings is 1. The monoisotopic (exact) mass is 353 g/mol. The summed E-state index contributed by atoms with van der Waals surface area (Å²) in [6.07, 6.45) is 1.47. The Kier molecular flexibility index (Phi) is 4.04. The molecule has 0 spiro atoms. The molecule has 0 saturated carbocycles. The Balaban J connectivity index is 1.84. The van der Waals surface area contributed by atoms with E-state index < -0.39 is 10.0 Å². The molecule has 10 heteroatoms. The molecule has 0 fully saturated rings. The third kappa shape index (κ3) is 3.05. The molecule has 2 heterocycles. The second kappa shape index (κ2) is 5.87. The molecule has 0 saturated heterocycles. The number of fused-ring (bicyclic) bond motifs is 1. The van der Waals surface area contributed by atoms with Crippen LogP contribution in [-0.2, 0) is 16.6 Å². The maximum Gasteiger partial charge on any atom is 0.241 e. The van der Waals surface area contributed by atoms with Crippen LogP contribution in [0.2, 0.25) is 0 Å². The highest BCUT2D eigenvalue weighted by atomic mass is 32.2. The van der Waals surface area contributed by atoms with Crippen molar-refractivity contribution in [2.45, 2.75) is 25.3 Å². The molecular weight excluding hydrogens is 338 g/mol. The molecule has 1 aromatic carbocycles. The quantitative estimate of drug-likeness (QED) is 0.742. The lowest BCUT2D eigenvalue weighted by Crippen LogP contribution is -2.24. The highest BCUT2D eigenvalue weighted by Crippen LogP contribution is 2.25. The number of rotatable bonds is 5. The first kappa shape index (κ1) is 15.8. The van der Waals surface area contributed by atoms with E-state index in [0.717, 1.165) is 5.56 Å². The van der Waals surface area contributed by atoms with E-state index >= 15 is 0 Å². The van der Waals surface area contributed by atoms with E-state index in [1.54, 1.807) is 33.1 Å². The predicted molar refractivity (Wildman–Crippen MR) is 85.2 cm³/mol. The van der Waals surface area contributed by atoms with Gasteiger partial charge in [-0.2, -0.15) is 9.61 Å². The van der Waals surface area contributed by atoms with Crippen molar-refractivity contribution in [3.05, 3.63) is 34.6 Å². The second-order valence-corrected chi connectivity index (χ2v) is 7.74. The van der Waals surface area contributed by atoms with Crippen LogP contribution >= 0.6 is 11.3 Å². The third-order valence-corrected chi connectivity index (χ3v) is 5.78. The molecule has 8 nitrogen and oxygen atoms in total. The SMILES string of the molecule is COc1cc(C)c(S(=O)(=O)NCc2nn3cnnc3s2)cc1C. The average molecular weight is 353 g/mol. The smallest absolute Gasteiger partial charge is 0.241 e. The molecular formula is C13H15N5O3S2. The Morgan fingerprint density at radius 2 is 2.09 bits per heavy atom. The molecule has 3 rings (SSSR count). The van der Waals surface area contributed by atoms with Crippen LogP contribution in [0.4, 0.5) is 0 Å². The van der Waals surface area contributed by atoms with Gasteiger partial charge in [0.1, 0.15) is 17.1 Å². The van der Waals surface area contributed by atoms with Crippen LogP contribution in [0.3, 0.4) is 0 Å². The van der Waals surface area contributed by atoms with Gasteiger partial charge in [-0.3, -0.25) is 0 Å². The van der Waals surface area contributed by atoms with Crippen LogP contribution in [0, 0.1) is 13.8 Å². The molecule has 3 aromatic rings. The van der Waals surface area contributed by atoms with Gasteiger partial charge in [-0.25, -0.2) is 13.1 Å². The summed E-state index contributed by atoms with van der Waals surface area (Å²) >= 11 is 1.28. The van der Waals surface area contributed by atoms with E-state index in [1.165, 1.54) is 22.2 Å². The fourth-order valence-corrected chi connectivity index (χ4v) is 4.32. The summed E-state index contributed by atoms with van der Waals surface area (Å²) in [5.41, 5.74) is 1.38. The van der Waals surface area contributed by atoms with Gasteiger partial charge < -0.3 is 4.74 Å². The number of hydrogen-bond donors (Lipinski definition) is 1. The summed E-state index contributed by atoms with van der Waals surface area (Å²) in [4.78, 5) is 0.856. The van der Waals surface area contributed by atoms with Gasteiger partial charge in [0.05, 0.1) is 18.6 Å². The molecule has 0 atom stereocenters. The highest BCUT2D eigenvalue weighted by molar-refractivity contribution is 7.89. The third-order valence-electron chi connectivity index (χ3n) is 3.32. The van der Waals surface area contributed by atoms with E-state index in [0.29, 0.717) is 21.3 Å². The zero-order valence-corrected chi connectivity index (χ0v) is 14.4. The van der Waals surface area contributed by atoms with Crippen molar-refractivity contribution in [3.8, 4) is 5.75 Å². The number of hydrogen-bond acceptors (Lipinski definition) is 7. The van der Waals surface area contributed by atoms with Gasteiger partial charge in [0.15, 0.2) is 0 Å². The van der Waals surface area contributed by atoms with Crippen LogP contribution in [0.1, 0.15) is 16.1 Å². The van der Waals surface area contributed by atoms with Gasteiger partial charge in [0.2, 0.25) is 15.0 Å². The van der Waals surface area contributed by atoms with Crippen LogP contribution in [0.25, 0.3) is 4.96 Å². The molecule has 1 N–H and O–H groups in total. The number of sulfonamides is 1. The summed E-state index contributed by atoms with van der Waals surface area (Å²) in [7, 11) is -2.08. The number of aromatic nitrogens is 4. The predicted octanol–water partition coefficient (Wildman–Crippen LogP) is 1.29. The lowest BCUT2D eigenvalue weighted by molar-refractivity contribution is 0.411. The molecule has 0 amide bonds. The highest BCUT2D eigenvalue weighted by Gasteiger charge is 2.19. The fraction of sp³-hybridized carbons (Fsp3) is 0.308. The molecule has 0 aliphatic carbocycles. The summed E-state index contributed by atoms with van der Waals surface area (Å²) in [6.45, 7) is 3.64. The van der Waals surface area contributed by atoms with Gasteiger partial charge in [0, 0.05) is 0 Å². The second-order valence-electron chi connectivity index (χ2n) is 4.97. The standard InChI is InChI=1S/C13H15N5O3S2/c1-8-5-11(9(2)4-10(8)21-3)23(19,20)15-6-12-17-18-7-14-16-13(18)22-12/h4-5,7,15H,6H2,1-3H3. The summed E-state index contributed by atoms with van der Waals surface area (Å²) in [5.74, 6) is 0.662. The lowest BCUT2D eigenvalue weighted by atomic mass is 10.1. The van der Waals surface area contributed by atoms with Crippen molar-refractivity contribution >= 4 is 26.3 Å². The van der Waals surface area contributed by atoms with E-state index in [2.05, 4.69) is 20.0 Å². The number of nitrogens with one attached hydrogen (secondary N) is 1. The largest absolute Gasteiger partial charge is 0.496 e. The van der Waals surface area contributed by atoms with Crippen molar-refractivity contribution in [1.82, 2.24) is 24.5 Å². The topological polar surface area (TPSA) is 98.5 Å². The average Bonchev–Trinajstić information content (AvgIpc) is 3.08. The summed E-state index contributed by atoms with van der Waals surface area (Å²) < 4.78 is 34.3. The van der Waals surface area contributed by atoms with Crippen molar-refractivity contribution in [2.24, 2.45) is 0 Å². The zero-order valence-electron chi connectivity index (χ0n) is 12.8. The van der Waals surface area contributed by atoms with Crippen LogP contribution < -0.4 is 9.46 Å². The molecule has 122 valence electrons. The minimum atomic E-state index is -3.64. The Hall–Kier alpha value is -2.04. The zero-order chi connectivity index (χ0) is 16.6. The van der Waals surface area contributed by atoms with Crippen molar-refractivity contribution in [1.29, 1.82) is 0 Å². The van der Waals surface area contributed by atoms with Gasteiger partial charge in [-0.05, 0) is 37.1 Å². The first-order valence-corrected chi connectivity index (χ1v) is 9.01. The maximum absolute atomic E-state index is 12.5. The van der Waals surface area contributed by atoms with Crippen LogP contribution in [0.5, 0.6) is 5.75 Å². The fourth-order valence-electron chi connectivity index (χ4n) is 2.18. The summed E-state index contributed by atoms with van der Waals surface area (Å²) in [5, 5.41) is 12.4. The number of ether oxygens (including phenoxy) is 1. The minimum Gasteiger partial charge on any atom is -0.496 e. The van der Waals surface area contributed by atoms with E-state index in [4.69, 9.17) is 4.74 Å². The Morgan fingerprint density at radius 3 is 2.78 bits per heavy atom. The Bertz CT molecular complexity index is 933. The molecule has 0 bridgehead atoms. The Labute approximate surface area is 137 Å². The van der Waals surface area contributed by atoms with Gasteiger partial charge in [-0.1, -0.05) is 11.3 Å². The minimum absolute atomic E-state index is 0.0981. The van der Waals surface area contributed by atoms with Crippen LogP contribution in [-0.4, -0.2) is 35.3 Å². The van der Waals surface area contributed by atoms with Gasteiger partial charge in [0.25, 0.3) is 0 Å². The first-order chi connectivity index (χ1) is 10.9. The maximum atomic E-state index is 12.5. The van der Waals surface area contributed by atoms with E-state index in [-0.39, 0.29) is 11.4 Å². The molecule has 0 aliphatic heterocycles. The Morgan fingerprint density at radius 1 is 1.30 bits per heavy atom. The van der Waals surface area contributed by atoms with Gasteiger partial charge in [-0.15, -0.1) is 10.2 Å². The van der Waals surface area contributed by atoms with Crippen molar-refractivity contribution in [2.75, 3.05) is 7.11 Å². The molecule has 0 unspecified atom stereocenters. The van der Waals surface area contributed by atoms with Crippen LogP contribution in [0.15, 0.2) is 23.4 Å². The van der Waals surface area contributed by atoms with E-state index in [1.807, 2.05) is 0 Å². The normalized spacial score (nSPS) is 12.0. The molecule has 2 aromatic heterocycles. The van der Waals surface area contributed by atoms with Crippen molar-refractivity contribution < 1.29 is 13.2 Å². The number of aryl methyl sites for hydroxylation is 2. The first-order valence-electron chi connectivity index (χ1n) is 6.71. The van der Waals surface area contributed by atoms with Crippen molar-refractivity contribution in [3.63, 3.8) is 0 Å². The molecule has 0 radical (unpaired) electrons. The molecule has 23 heavy (non-hydrogen) atoms.